The third-order valence-electron chi connectivity index (χ3n) is 2.66. The number of fused-ring (bicyclic) bond motifs is 1. The molecule has 2 aliphatic rings. The number of carbonyl (C=O) groups excluding carboxylic acids is 1. The lowest BCUT2D eigenvalue weighted by Gasteiger charge is -2.08. The van der Waals surface area contributed by atoms with E-state index in [-0.39, 0.29) is 24.4 Å². The third-order valence-corrected chi connectivity index (χ3v) is 2.66. The Morgan fingerprint density at radius 2 is 2.18 bits per heavy atom. The number of rotatable bonds is 0. The third kappa shape index (κ3) is 1.23. The van der Waals surface area contributed by atoms with Crippen molar-refractivity contribution in [1.82, 2.24) is 5.32 Å². The molecule has 0 aromatic rings. The average molecular weight is 177 g/mol. The molecule has 0 unspecified atom stereocenters. The first-order valence-corrected chi connectivity index (χ1v) is 3.85. The van der Waals surface area contributed by atoms with Crippen molar-refractivity contribution in [3.63, 3.8) is 0 Å². The number of hydrogen-bond donors (Lipinski definition) is 2. The predicted octanol–water partition coefficient (Wildman–Crippen LogP) is 0.0340. The Hall–Kier alpha value is -0.280. The van der Waals surface area contributed by atoms with E-state index in [1.54, 1.807) is 0 Å². The lowest BCUT2D eigenvalue weighted by atomic mass is 10.0. The minimum Gasteiger partial charge on any atom is -0.352 e. The molecule has 0 aromatic carbocycles. The zero-order valence-corrected chi connectivity index (χ0v) is 7.06. The van der Waals surface area contributed by atoms with Gasteiger partial charge in [0.2, 0.25) is 5.91 Å². The lowest BCUT2D eigenvalue weighted by molar-refractivity contribution is -0.120. The molecular formula is C7H13ClN2O. The number of nitrogens with two attached hydrogens (primary N) is 1. The molecule has 1 amide bonds. The fourth-order valence-electron chi connectivity index (χ4n) is 2.07. The highest BCUT2D eigenvalue weighted by molar-refractivity contribution is 5.85. The quantitative estimate of drug-likeness (QED) is 0.548. The topological polar surface area (TPSA) is 55.1 Å². The van der Waals surface area contributed by atoms with Crippen molar-refractivity contribution in [2.24, 2.45) is 11.7 Å². The van der Waals surface area contributed by atoms with Crippen molar-refractivity contribution in [1.29, 1.82) is 0 Å². The van der Waals surface area contributed by atoms with E-state index in [1.807, 2.05) is 0 Å². The maximum absolute atomic E-state index is 11.0. The van der Waals surface area contributed by atoms with Crippen molar-refractivity contribution in [3.05, 3.63) is 0 Å². The minimum absolute atomic E-state index is 0. The second-order valence-electron chi connectivity index (χ2n) is 3.24. The molecule has 1 heterocycles. The molecule has 3 N–H and O–H groups in total. The van der Waals surface area contributed by atoms with Crippen LogP contribution in [0, 0.1) is 5.92 Å². The van der Waals surface area contributed by atoms with Crippen molar-refractivity contribution >= 4 is 18.3 Å². The number of nitrogens with one attached hydrogen (secondary N) is 1. The zero-order chi connectivity index (χ0) is 7.14. The Bertz CT molecular complexity index is 174. The van der Waals surface area contributed by atoms with Gasteiger partial charge in [-0.2, -0.15) is 0 Å². The van der Waals surface area contributed by atoms with Crippen LogP contribution in [0.2, 0.25) is 0 Å². The normalized spacial score (nSPS) is 41.2. The van der Waals surface area contributed by atoms with Gasteiger partial charge in [-0.3, -0.25) is 4.79 Å². The Balaban J connectivity index is 0.000000605. The Morgan fingerprint density at radius 3 is 2.82 bits per heavy atom. The van der Waals surface area contributed by atoms with Crippen LogP contribution < -0.4 is 11.1 Å². The van der Waals surface area contributed by atoms with Crippen LogP contribution in [-0.2, 0) is 4.79 Å². The summed E-state index contributed by atoms with van der Waals surface area (Å²) < 4.78 is 0. The Kier molecular flexibility index (Phi) is 2.40. The van der Waals surface area contributed by atoms with Gasteiger partial charge in [-0.15, -0.1) is 12.4 Å². The molecule has 1 saturated carbocycles. The van der Waals surface area contributed by atoms with Gasteiger partial charge in [0.15, 0.2) is 0 Å². The van der Waals surface area contributed by atoms with E-state index in [2.05, 4.69) is 5.32 Å². The highest BCUT2D eigenvalue weighted by Crippen LogP contribution is 2.31. The summed E-state index contributed by atoms with van der Waals surface area (Å²) in [4.78, 5) is 11.0. The van der Waals surface area contributed by atoms with Crippen molar-refractivity contribution in [3.8, 4) is 0 Å². The van der Waals surface area contributed by atoms with Crippen LogP contribution in [0.25, 0.3) is 0 Å². The van der Waals surface area contributed by atoms with Crippen LogP contribution in [0.1, 0.15) is 19.3 Å². The van der Waals surface area contributed by atoms with Crippen LogP contribution in [-0.4, -0.2) is 18.0 Å². The van der Waals surface area contributed by atoms with Crippen LogP contribution in [0.4, 0.5) is 0 Å². The molecule has 4 heteroatoms. The first-order valence-electron chi connectivity index (χ1n) is 3.85. The van der Waals surface area contributed by atoms with Crippen molar-refractivity contribution in [2.45, 2.75) is 31.3 Å². The van der Waals surface area contributed by atoms with Gasteiger partial charge in [0, 0.05) is 12.0 Å². The summed E-state index contributed by atoms with van der Waals surface area (Å²) in [6.45, 7) is 0. The summed E-state index contributed by atoms with van der Waals surface area (Å²) in [7, 11) is 0. The molecule has 0 bridgehead atoms. The SMILES string of the molecule is Cl.N[C@H]1C(=O)N[C@H]2CCC[C@H]21. The summed E-state index contributed by atoms with van der Waals surface area (Å²) in [5.74, 6) is 0.488. The first kappa shape index (κ1) is 8.81. The molecule has 1 aliphatic carbocycles. The molecule has 0 spiro atoms. The van der Waals surface area contributed by atoms with Gasteiger partial charge in [0.05, 0.1) is 6.04 Å². The van der Waals surface area contributed by atoms with Crippen LogP contribution in [0.3, 0.4) is 0 Å². The minimum atomic E-state index is -0.215. The Morgan fingerprint density at radius 1 is 1.45 bits per heavy atom. The Labute approximate surface area is 72.1 Å². The average Bonchev–Trinajstić information content (AvgIpc) is 2.41. The highest BCUT2D eigenvalue weighted by Gasteiger charge is 2.42. The number of carbonyl (C=O) groups is 1. The molecular weight excluding hydrogens is 164 g/mol. The molecule has 11 heavy (non-hydrogen) atoms. The summed E-state index contributed by atoms with van der Waals surface area (Å²) in [5.41, 5.74) is 5.65. The van der Waals surface area contributed by atoms with Crippen molar-refractivity contribution < 1.29 is 4.79 Å². The van der Waals surface area contributed by atoms with Gasteiger partial charge in [-0.1, -0.05) is 6.42 Å². The lowest BCUT2D eigenvalue weighted by Crippen LogP contribution is -2.33. The van der Waals surface area contributed by atoms with E-state index in [4.69, 9.17) is 5.73 Å². The molecule has 3 nitrogen and oxygen atoms in total. The second kappa shape index (κ2) is 2.99. The standard InChI is InChI=1S/C7H12N2O.ClH/c8-6-4-2-1-3-5(4)9-7(6)10;/h4-6H,1-3,8H2,(H,9,10);1H/t4-,5+,6-;/m1./s1. The molecule has 0 aromatic heterocycles. The summed E-state index contributed by atoms with van der Waals surface area (Å²) in [5, 5.41) is 2.90. The maximum atomic E-state index is 11.0. The largest absolute Gasteiger partial charge is 0.352 e. The molecule has 64 valence electrons. The number of hydrogen-bond acceptors (Lipinski definition) is 2. The van der Waals surface area contributed by atoms with Gasteiger partial charge < -0.3 is 11.1 Å². The maximum Gasteiger partial charge on any atom is 0.237 e. The summed E-state index contributed by atoms with van der Waals surface area (Å²) >= 11 is 0. The zero-order valence-electron chi connectivity index (χ0n) is 6.25. The second-order valence-corrected chi connectivity index (χ2v) is 3.24. The number of halogens is 1. The molecule has 1 aliphatic heterocycles. The summed E-state index contributed by atoms with van der Waals surface area (Å²) in [6.07, 6.45) is 3.48. The molecule has 0 radical (unpaired) electrons. The van der Waals surface area contributed by atoms with E-state index in [0.717, 1.165) is 12.8 Å². The van der Waals surface area contributed by atoms with Crippen LogP contribution in [0.15, 0.2) is 0 Å². The fourth-order valence-corrected chi connectivity index (χ4v) is 2.07. The van der Waals surface area contributed by atoms with Gasteiger partial charge in [0.1, 0.15) is 0 Å². The van der Waals surface area contributed by atoms with E-state index in [9.17, 15) is 4.79 Å². The molecule has 1 saturated heterocycles. The van der Waals surface area contributed by atoms with Crippen molar-refractivity contribution in [2.75, 3.05) is 0 Å². The van der Waals surface area contributed by atoms with E-state index >= 15 is 0 Å². The molecule has 3 atom stereocenters. The van der Waals surface area contributed by atoms with Gasteiger partial charge >= 0.3 is 0 Å². The van der Waals surface area contributed by atoms with Crippen LogP contribution in [0.5, 0.6) is 0 Å². The van der Waals surface area contributed by atoms with Gasteiger partial charge in [0.25, 0.3) is 0 Å². The van der Waals surface area contributed by atoms with Gasteiger partial charge in [-0.25, -0.2) is 0 Å². The van der Waals surface area contributed by atoms with Crippen LogP contribution >= 0.6 is 12.4 Å². The monoisotopic (exact) mass is 176 g/mol. The smallest absolute Gasteiger partial charge is 0.237 e. The summed E-state index contributed by atoms with van der Waals surface area (Å²) in [6, 6.07) is 0.190. The van der Waals surface area contributed by atoms with Gasteiger partial charge in [-0.05, 0) is 12.8 Å². The van der Waals surface area contributed by atoms with E-state index in [1.165, 1.54) is 6.42 Å². The first-order chi connectivity index (χ1) is 4.79. The molecule has 2 rings (SSSR count). The predicted molar refractivity (Wildman–Crippen MR) is 44.5 cm³/mol. The van der Waals surface area contributed by atoms with E-state index < -0.39 is 0 Å². The number of amides is 1. The highest BCUT2D eigenvalue weighted by atomic mass is 35.5. The molecule has 2 fully saturated rings. The van der Waals surface area contributed by atoms with E-state index in [0.29, 0.717) is 12.0 Å². The fraction of sp³-hybridized carbons (Fsp3) is 0.857.